The molecule has 0 radical (unpaired) electrons. The normalized spacial score (nSPS) is 13.1. The highest BCUT2D eigenvalue weighted by Gasteiger charge is 2.14. The minimum Gasteiger partial charge on any atom is -0.410 e. The molecule has 0 saturated carbocycles. The van der Waals surface area contributed by atoms with Crippen molar-refractivity contribution >= 4 is 16.8 Å². The highest BCUT2D eigenvalue weighted by atomic mass is 35.5. The molecule has 0 fully saturated rings. The highest BCUT2D eigenvalue weighted by molar-refractivity contribution is 6.66. The van der Waals surface area contributed by atoms with E-state index in [9.17, 15) is 0 Å². The van der Waals surface area contributed by atoms with Gasteiger partial charge in [0, 0.05) is 4.91 Å². The zero-order chi connectivity index (χ0) is 10.4. The Hall–Kier alpha value is -1.71. The molecule has 1 N–H and O–H groups in total. The van der Waals surface area contributed by atoms with Gasteiger partial charge in [0.15, 0.2) is 5.17 Å². The van der Waals surface area contributed by atoms with Crippen LogP contribution in [0.5, 0.6) is 0 Å². The molecular formula is C8H7ClN4O. The van der Waals surface area contributed by atoms with Crippen LogP contribution in [0.15, 0.2) is 40.6 Å². The van der Waals surface area contributed by atoms with Crippen LogP contribution in [-0.4, -0.2) is 10.4 Å². The second-order valence-electron chi connectivity index (χ2n) is 2.44. The first-order valence-electron chi connectivity index (χ1n) is 3.76. The number of halogens is 1. The summed E-state index contributed by atoms with van der Waals surface area (Å²) in [5, 5.41) is 14.5. The molecule has 0 amide bonds. The molecule has 0 aromatic heterocycles. The Morgan fingerprint density at radius 1 is 1.43 bits per heavy atom. The Balaban J connectivity index is 3.07. The molecule has 1 aromatic rings. The smallest absolute Gasteiger partial charge is 0.158 e. The van der Waals surface area contributed by atoms with E-state index >= 15 is 0 Å². The average Bonchev–Trinajstić information content (AvgIpc) is 2.26. The molecule has 14 heavy (non-hydrogen) atoms. The molecule has 6 heteroatoms. The van der Waals surface area contributed by atoms with Crippen molar-refractivity contribution < 1.29 is 5.21 Å². The van der Waals surface area contributed by atoms with Gasteiger partial charge in [-0.1, -0.05) is 52.2 Å². The van der Waals surface area contributed by atoms with E-state index in [2.05, 4.69) is 15.2 Å². The number of nitrogens with zero attached hydrogens (tertiary/aromatic N) is 4. The summed E-state index contributed by atoms with van der Waals surface area (Å²) < 4.78 is 0. The number of azide groups is 1. The van der Waals surface area contributed by atoms with Crippen LogP contribution in [0.4, 0.5) is 0 Å². The first kappa shape index (κ1) is 10.4. The number of benzene rings is 1. The monoisotopic (exact) mass is 210 g/mol. The van der Waals surface area contributed by atoms with Crippen molar-refractivity contribution in [2.45, 2.75) is 6.04 Å². The molecule has 1 aromatic carbocycles. The predicted molar refractivity (Wildman–Crippen MR) is 53.4 cm³/mol. The van der Waals surface area contributed by atoms with Gasteiger partial charge in [-0.25, -0.2) is 0 Å². The van der Waals surface area contributed by atoms with Crippen molar-refractivity contribution in [3.05, 3.63) is 46.3 Å². The molecule has 0 aliphatic heterocycles. The summed E-state index contributed by atoms with van der Waals surface area (Å²) in [5.41, 5.74) is 8.98. The molecule has 0 saturated heterocycles. The standard InChI is InChI=1S/C8H7ClN4O/c9-8(12-14)7(11-13-10)6-4-2-1-3-5-6/h1-5,7,14H/b12-8-. The Kier molecular flexibility index (Phi) is 3.79. The molecule has 0 aliphatic rings. The van der Waals surface area contributed by atoms with Gasteiger partial charge in [0.05, 0.1) is 0 Å². The third kappa shape index (κ3) is 2.39. The van der Waals surface area contributed by atoms with Crippen LogP contribution in [0.3, 0.4) is 0 Å². The summed E-state index contributed by atoms with van der Waals surface area (Å²) in [6, 6.07) is 8.06. The fourth-order valence-electron chi connectivity index (χ4n) is 0.993. The largest absolute Gasteiger partial charge is 0.410 e. The quantitative estimate of drug-likeness (QED) is 0.204. The van der Waals surface area contributed by atoms with Gasteiger partial charge in [0.2, 0.25) is 0 Å². The maximum atomic E-state index is 8.47. The highest BCUT2D eigenvalue weighted by Crippen LogP contribution is 2.20. The Morgan fingerprint density at radius 3 is 2.57 bits per heavy atom. The number of hydrogen-bond donors (Lipinski definition) is 1. The summed E-state index contributed by atoms with van der Waals surface area (Å²) in [4.78, 5) is 2.63. The van der Waals surface area contributed by atoms with Crippen LogP contribution in [0, 0.1) is 0 Å². The second kappa shape index (κ2) is 5.11. The van der Waals surface area contributed by atoms with Gasteiger partial charge in [0.1, 0.15) is 6.04 Å². The van der Waals surface area contributed by atoms with E-state index in [1.54, 1.807) is 24.3 Å². The molecule has 5 nitrogen and oxygen atoms in total. The second-order valence-corrected chi connectivity index (χ2v) is 2.83. The average molecular weight is 211 g/mol. The Bertz CT molecular complexity index is 372. The Morgan fingerprint density at radius 2 is 2.07 bits per heavy atom. The fourth-order valence-corrected chi connectivity index (χ4v) is 1.16. The van der Waals surface area contributed by atoms with Crippen molar-refractivity contribution in [2.75, 3.05) is 0 Å². The molecule has 0 heterocycles. The number of oxime groups is 1. The molecule has 1 atom stereocenters. The predicted octanol–water partition coefficient (Wildman–Crippen LogP) is 3.06. The summed E-state index contributed by atoms with van der Waals surface area (Å²) in [5.74, 6) is 0. The summed E-state index contributed by atoms with van der Waals surface area (Å²) in [6.07, 6.45) is 0. The molecule has 0 spiro atoms. The zero-order valence-electron chi connectivity index (χ0n) is 7.08. The summed E-state index contributed by atoms with van der Waals surface area (Å²) in [7, 11) is 0. The van der Waals surface area contributed by atoms with E-state index in [4.69, 9.17) is 22.3 Å². The van der Waals surface area contributed by atoms with Crippen LogP contribution in [0.1, 0.15) is 11.6 Å². The third-order valence-electron chi connectivity index (χ3n) is 1.60. The summed E-state index contributed by atoms with van der Waals surface area (Å²) in [6.45, 7) is 0. The molecule has 0 aliphatic carbocycles. The van der Waals surface area contributed by atoms with Crippen molar-refractivity contribution in [2.24, 2.45) is 10.3 Å². The maximum absolute atomic E-state index is 8.47. The van der Waals surface area contributed by atoms with E-state index in [0.29, 0.717) is 5.56 Å². The topological polar surface area (TPSA) is 81.4 Å². The molecule has 72 valence electrons. The van der Waals surface area contributed by atoms with Gasteiger partial charge >= 0.3 is 0 Å². The van der Waals surface area contributed by atoms with Gasteiger partial charge in [-0.2, -0.15) is 0 Å². The van der Waals surface area contributed by atoms with Crippen LogP contribution in [-0.2, 0) is 0 Å². The van der Waals surface area contributed by atoms with E-state index in [-0.39, 0.29) is 5.17 Å². The van der Waals surface area contributed by atoms with Crippen LogP contribution in [0.2, 0.25) is 0 Å². The van der Waals surface area contributed by atoms with Crippen molar-refractivity contribution in [1.29, 1.82) is 0 Å². The van der Waals surface area contributed by atoms with E-state index in [1.165, 1.54) is 0 Å². The Labute approximate surface area is 85.2 Å². The van der Waals surface area contributed by atoms with Crippen LogP contribution < -0.4 is 0 Å². The van der Waals surface area contributed by atoms with Gasteiger partial charge in [-0.05, 0) is 11.1 Å². The van der Waals surface area contributed by atoms with Crippen LogP contribution >= 0.6 is 11.6 Å². The fraction of sp³-hybridized carbons (Fsp3) is 0.125. The van der Waals surface area contributed by atoms with E-state index in [1.807, 2.05) is 6.07 Å². The lowest BCUT2D eigenvalue weighted by Gasteiger charge is -2.06. The van der Waals surface area contributed by atoms with Gasteiger partial charge in [0.25, 0.3) is 0 Å². The van der Waals surface area contributed by atoms with Crippen molar-refractivity contribution in [1.82, 2.24) is 0 Å². The SMILES string of the molecule is [N-]=[N+]=NC(/C(Cl)=N/O)c1ccccc1. The molecule has 1 rings (SSSR count). The lowest BCUT2D eigenvalue weighted by molar-refractivity contribution is 0.318. The maximum Gasteiger partial charge on any atom is 0.158 e. The van der Waals surface area contributed by atoms with Crippen molar-refractivity contribution in [3.8, 4) is 0 Å². The first-order chi connectivity index (χ1) is 6.79. The lowest BCUT2D eigenvalue weighted by Crippen LogP contribution is -2.03. The number of rotatable bonds is 3. The lowest BCUT2D eigenvalue weighted by atomic mass is 10.1. The van der Waals surface area contributed by atoms with Gasteiger partial charge in [-0.15, -0.1) is 0 Å². The van der Waals surface area contributed by atoms with Gasteiger partial charge in [-0.3, -0.25) is 0 Å². The van der Waals surface area contributed by atoms with E-state index in [0.717, 1.165) is 0 Å². The summed E-state index contributed by atoms with van der Waals surface area (Å²) >= 11 is 5.58. The molecular weight excluding hydrogens is 204 g/mol. The van der Waals surface area contributed by atoms with Crippen LogP contribution in [0.25, 0.3) is 10.4 Å². The minimum atomic E-state index is -0.770. The third-order valence-corrected chi connectivity index (χ3v) is 1.89. The van der Waals surface area contributed by atoms with Gasteiger partial charge < -0.3 is 5.21 Å². The first-order valence-corrected chi connectivity index (χ1v) is 4.14. The minimum absolute atomic E-state index is 0.158. The zero-order valence-corrected chi connectivity index (χ0v) is 7.83. The van der Waals surface area contributed by atoms with Crippen molar-refractivity contribution in [3.63, 3.8) is 0 Å². The molecule has 0 bridgehead atoms. The molecule has 1 unspecified atom stereocenters. The van der Waals surface area contributed by atoms with E-state index < -0.39 is 6.04 Å². The number of hydrogen-bond acceptors (Lipinski definition) is 3.